The molecular weight excluding hydrogens is 288 g/mol. The lowest BCUT2D eigenvalue weighted by Crippen LogP contribution is -2.34. The Bertz CT molecular complexity index is 570. The van der Waals surface area contributed by atoms with Gasteiger partial charge in [0.05, 0.1) is 5.75 Å². The maximum atomic E-state index is 11.9. The van der Waals surface area contributed by atoms with Crippen molar-refractivity contribution in [1.82, 2.24) is 10.0 Å². The van der Waals surface area contributed by atoms with Crippen LogP contribution in [0.25, 0.3) is 0 Å². The van der Waals surface area contributed by atoms with E-state index in [1.807, 2.05) is 38.1 Å². The second-order valence-corrected chi connectivity index (χ2v) is 7.05. The Balaban J connectivity index is 2.42. The minimum absolute atomic E-state index is 0.0919. The molecule has 0 saturated carbocycles. The summed E-state index contributed by atoms with van der Waals surface area (Å²) in [5.74, 6) is -0.111. The predicted octanol–water partition coefficient (Wildman–Crippen LogP) is 1.54. The number of hydrogen-bond donors (Lipinski definition) is 2. The molecule has 1 atom stereocenters. The minimum atomic E-state index is -3.28. The topological polar surface area (TPSA) is 75.3 Å². The first kappa shape index (κ1) is 17.7. The molecule has 0 aliphatic rings. The van der Waals surface area contributed by atoms with Gasteiger partial charge in [-0.25, -0.2) is 13.1 Å². The Labute approximate surface area is 127 Å². The number of rotatable bonds is 8. The quantitative estimate of drug-likeness (QED) is 0.764. The Kier molecular flexibility index (Phi) is 6.84. The molecule has 0 aliphatic heterocycles. The first-order chi connectivity index (χ1) is 9.85. The standard InChI is InChI=1S/C15H24N2O3S/c1-4-17-21(19,20)10-9-16-15(18)11-13(3)14-8-6-5-7-12(14)2/h5-8,13,17H,4,9-11H2,1-3H3,(H,16,18). The van der Waals surface area contributed by atoms with E-state index >= 15 is 0 Å². The summed E-state index contributed by atoms with van der Waals surface area (Å²) in [5, 5.41) is 2.66. The van der Waals surface area contributed by atoms with Gasteiger partial charge in [0.2, 0.25) is 15.9 Å². The molecule has 0 radical (unpaired) electrons. The molecule has 0 fully saturated rings. The lowest BCUT2D eigenvalue weighted by molar-refractivity contribution is -0.121. The SMILES string of the molecule is CCNS(=O)(=O)CCNC(=O)CC(C)c1ccccc1C. The van der Waals surface area contributed by atoms with E-state index in [0.717, 1.165) is 11.1 Å². The maximum Gasteiger partial charge on any atom is 0.220 e. The fourth-order valence-electron chi connectivity index (χ4n) is 2.22. The van der Waals surface area contributed by atoms with Crippen molar-refractivity contribution in [3.8, 4) is 0 Å². The molecule has 1 aromatic rings. The minimum Gasteiger partial charge on any atom is -0.355 e. The zero-order valence-electron chi connectivity index (χ0n) is 12.8. The molecule has 5 nitrogen and oxygen atoms in total. The second-order valence-electron chi connectivity index (χ2n) is 5.13. The monoisotopic (exact) mass is 312 g/mol. The van der Waals surface area contributed by atoms with E-state index in [1.54, 1.807) is 6.92 Å². The van der Waals surface area contributed by atoms with Crippen molar-refractivity contribution in [2.45, 2.75) is 33.1 Å². The molecule has 6 heteroatoms. The van der Waals surface area contributed by atoms with Gasteiger partial charge in [0.25, 0.3) is 0 Å². The molecule has 21 heavy (non-hydrogen) atoms. The predicted molar refractivity (Wildman–Crippen MR) is 84.7 cm³/mol. The lowest BCUT2D eigenvalue weighted by atomic mass is 9.93. The van der Waals surface area contributed by atoms with E-state index in [4.69, 9.17) is 0 Å². The molecule has 1 aromatic carbocycles. The summed E-state index contributed by atoms with van der Waals surface area (Å²) in [6.45, 7) is 6.24. The summed E-state index contributed by atoms with van der Waals surface area (Å²) in [6, 6.07) is 7.96. The number of sulfonamides is 1. The van der Waals surface area contributed by atoms with Gasteiger partial charge in [-0.3, -0.25) is 4.79 Å². The Morgan fingerprint density at radius 2 is 1.95 bits per heavy atom. The van der Waals surface area contributed by atoms with Crippen LogP contribution in [0.3, 0.4) is 0 Å². The van der Waals surface area contributed by atoms with Gasteiger partial charge in [-0.15, -0.1) is 0 Å². The summed E-state index contributed by atoms with van der Waals surface area (Å²) >= 11 is 0. The molecule has 118 valence electrons. The van der Waals surface area contributed by atoms with Crippen LogP contribution in [0.1, 0.15) is 37.3 Å². The van der Waals surface area contributed by atoms with Gasteiger partial charge in [-0.1, -0.05) is 38.1 Å². The van der Waals surface area contributed by atoms with Gasteiger partial charge < -0.3 is 5.32 Å². The number of hydrogen-bond acceptors (Lipinski definition) is 3. The molecule has 2 N–H and O–H groups in total. The van der Waals surface area contributed by atoms with E-state index in [9.17, 15) is 13.2 Å². The third kappa shape index (κ3) is 6.27. The summed E-state index contributed by atoms with van der Waals surface area (Å²) in [7, 11) is -3.28. The fraction of sp³-hybridized carbons (Fsp3) is 0.533. The zero-order valence-corrected chi connectivity index (χ0v) is 13.7. The third-order valence-electron chi connectivity index (χ3n) is 3.27. The molecule has 0 bridgehead atoms. The highest BCUT2D eigenvalue weighted by Gasteiger charge is 2.14. The van der Waals surface area contributed by atoms with Gasteiger partial charge >= 0.3 is 0 Å². The Hall–Kier alpha value is -1.40. The molecule has 0 saturated heterocycles. The van der Waals surface area contributed by atoms with Crippen LogP contribution in [0.15, 0.2) is 24.3 Å². The van der Waals surface area contributed by atoms with Gasteiger partial charge in [0.1, 0.15) is 0 Å². The van der Waals surface area contributed by atoms with Crippen molar-refractivity contribution in [2.24, 2.45) is 0 Å². The first-order valence-corrected chi connectivity index (χ1v) is 8.80. The van der Waals surface area contributed by atoms with Crippen molar-refractivity contribution in [3.05, 3.63) is 35.4 Å². The van der Waals surface area contributed by atoms with Gasteiger partial charge in [-0.2, -0.15) is 0 Å². The van der Waals surface area contributed by atoms with Crippen molar-refractivity contribution >= 4 is 15.9 Å². The average Bonchev–Trinajstić information content (AvgIpc) is 2.38. The highest BCUT2D eigenvalue weighted by atomic mass is 32.2. The normalized spacial score (nSPS) is 12.9. The second kappa shape index (κ2) is 8.14. The molecule has 0 spiro atoms. The van der Waals surface area contributed by atoms with Crippen molar-refractivity contribution in [3.63, 3.8) is 0 Å². The van der Waals surface area contributed by atoms with Crippen molar-refractivity contribution < 1.29 is 13.2 Å². The van der Waals surface area contributed by atoms with Crippen molar-refractivity contribution in [1.29, 1.82) is 0 Å². The third-order valence-corrected chi connectivity index (χ3v) is 4.74. The molecule has 0 heterocycles. The molecule has 0 aromatic heterocycles. The summed E-state index contributed by atoms with van der Waals surface area (Å²) in [6.07, 6.45) is 0.353. The van der Waals surface area contributed by atoms with E-state index in [-0.39, 0.29) is 24.1 Å². The van der Waals surface area contributed by atoms with Crippen LogP contribution < -0.4 is 10.0 Å². The Morgan fingerprint density at radius 3 is 2.57 bits per heavy atom. The largest absolute Gasteiger partial charge is 0.355 e. The lowest BCUT2D eigenvalue weighted by Gasteiger charge is -2.14. The molecule has 1 rings (SSSR count). The van der Waals surface area contributed by atoms with Crippen LogP contribution in [-0.4, -0.2) is 33.2 Å². The summed E-state index contributed by atoms with van der Waals surface area (Å²) in [4.78, 5) is 11.9. The molecule has 1 unspecified atom stereocenters. The van der Waals surface area contributed by atoms with E-state index in [2.05, 4.69) is 10.0 Å². The fourth-order valence-corrected chi connectivity index (χ4v) is 3.17. The van der Waals surface area contributed by atoms with Crippen molar-refractivity contribution in [2.75, 3.05) is 18.8 Å². The molecule has 0 aliphatic carbocycles. The number of carbonyl (C=O) groups excluding carboxylic acids is 1. The van der Waals surface area contributed by atoms with Crippen LogP contribution in [-0.2, 0) is 14.8 Å². The zero-order chi connectivity index (χ0) is 15.9. The average molecular weight is 312 g/mol. The molecular formula is C15H24N2O3S. The Morgan fingerprint density at radius 1 is 1.29 bits per heavy atom. The van der Waals surface area contributed by atoms with Gasteiger partial charge in [0.15, 0.2) is 0 Å². The van der Waals surface area contributed by atoms with Gasteiger partial charge in [0, 0.05) is 19.5 Å². The van der Waals surface area contributed by atoms with Crippen LogP contribution in [0.5, 0.6) is 0 Å². The van der Waals surface area contributed by atoms with Crippen LogP contribution >= 0.6 is 0 Å². The smallest absolute Gasteiger partial charge is 0.220 e. The number of carbonyl (C=O) groups is 1. The summed E-state index contributed by atoms with van der Waals surface area (Å²) < 4.78 is 25.3. The highest BCUT2D eigenvalue weighted by Crippen LogP contribution is 2.21. The van der Waals surface area contributed by atoms with E-state index < -0.39 is 10.0 Å². The molecule has 1 amide bonds. The van der Waals surface area contributed by atoms with Crippen LogP contribution in [0.2, 0.25) is 0 Å². The van der Waals surface area contributed by atoms with E-state index in [1.165, 1.54) is 0 Å². The number of nitrogens with one attached hydrogen (secondary N) is 2. The number of amides is 1. The van der Waals surface area contributed by atoms with Gasteiger partial charge in [-0.05, 0) is 24.0 Å². The number of benzene rings is 1. The first-order valence-electron chi connectivity index (χ1n) is 7.15. The summed E-state index contributed by atoms with van der Waals surface area (Å²) in [5.41, 5.74) is 2.31. The number of aryl methyl sites for hydroxylation is 1. The van der Waals surface area contributed by atoms with Crippen LogP contribution in [0, 0.1) is 6.92 Å². The van der Waals surface area contributed by atoms with E-state index in [0.29, 0.717) is 13.0 Å². The maximum absolute atomic E-state index is 11.9. The highest BCUT2D eigenvalue weighted by molar-refractivity contribution is 7.89. The van der Waals surface area contributed by atoms with Crippen LogP contribution in [0.4, 0.5) is 0 Å².